The molecule has 0 rings (SSSR count). The largest absolute Gasteiger partial charge is 0.462 e. The molecule has 0 aliphatic heterocycles. The summed E-state index contributed by atoms with van der Waals surface area (Å²) in [5.74, 6) is -0.579. The summed E-state index contributed by atoms with van der Waals surface area (Å²) in [5.41, 5.74) is 0. The van der Waals surface area contributed by atoms with E-state index in [1.165, 1.54) is 257 Å². The number of esters is 2. The van der Waals surface area contributed by atoms with Crippen LogP contribution in [0.3, 0.4) is 0 Å². The van der Waals surface area contributed by atoms with E-state index in [2.05, 4.69) is 98.9 Å². The molecule has 0 saturated heterocycles. The lowest BCUT2D eigenvalue weighted by molar-refractivity contribution is -0.161. The summed E-state index contributed by atoms with van der Waals surface area (Å²) >= 11 is 0. The van der Waals surface area contributed by atoms with Crippen molar-refractivity contribution >= 4 is 11.9 Å². The molecule has 0 aromatic heterocycles. The second-order valence-electron chi connectivity index (χ2n) is 23.6. The van der Waals surface area contributed by atoms with Crippen LogP contribution in [0.2, 0.25) is 0 Å². The van der Waals surface area contributed by atoms with Crippen molar-refractivity contribution < 1.29 is 24.2 Å². The highest BCUT2D eigenvalue weighted by Gasteiger charge is 2.16. The maximum Gasteiger partial charge on any atom is 0.306 e. The molecular weight excluding hydrogens is 981 g/mol. The summed E-state index contributed by atoms with van der Waals surface area (Å²) in [6.07, 6.45) is 99.1. The molecule has 0 spiro atoms. The van der Waals surface area contributed by atoms with Crippen molar-refractivity contribution in [3.63, 3.8) is 0 Å². The van der Waals surface area contributed by atoms with Gasteiger partial charge >= 0.3 is 11.9 Å². The van der Waals surface area contributed by atoms with Gasteiger partial charge in [0, 0.05) is 12.8 Å². The zero-order valence-corrected chi connectivity index (χ0v) is 53.3. The van der Waals surface area contributed by atoms with Crippen LogP contribution in [0.25, 0.3) is 0 Å². The Morgan fingerprint density at radius 2 is 0.537 bits per heavy atom. The molecule has 80 heavy (non-hydrogen) atoms. The molecule has 0 saturated carbocycles. The number of carbonyl (C=O) groups excluding carboxylic acids is 2. The van der Waals surface area contributed by atoms with E-state index in [9.17, 15) is 14.7 Å². The summed E-state index contributed by atoms with van der Waals surface area (Å²) in [5, 5.41) is 9.70. The van der Waals surface area contributed by atoms with Crippen molar-refractivity contribution in [2.24, 2.45) is 0 Å². The van der Waals surface area contributed by atoms with Gasteiger partial charge in [-0.1, -0.05) is 343 Å². The van der Waals surface area contributed by atoms with E-state index in [-0.39, 0.29) is 25.2 Å². The van der Waals surface area contributed by atoms with E-state index in [0.29, 0.717) is 12.8 Å². The number of hydrogen-bond donors (Lipinski definition) is 1. The Labute approximate surface area is 498 Å². The highest BCUT2D eigenvalue weighted by Crippen LogP contribution is 2.18. The predicted octanol–water partition coefficient (Wildman–Crippen LogP) is 24.4. The van der Waals surface area contributed by atoms with E-state index in [1.807, 2.05) is 0 Å². The third-order valence-electron chi connectivity index (χ3n) is 15.7. The molecule has 0 aromatic carbocycles. The zero-order chi connectivity index (χ0) is 57.6. The molecule has 1 unspecified atom stereocenters. The lowest BCUT2D eigenvalue weighted by Gasteiger charge is -2.15. The Hall–Kier alpha value is -2.92. The topological polar surface area (TPSA) is 72.8 Å². The number of aliphatic hydroxyl groups excluding tert-OH is 1. The van der Waals surface area contributed by atoms with Gasteiger partial charge in [-0.2, -0.15) is 0 Å². The van der Waals surface area contributed by atoms with Crippen molar-refractivity contribution in [3.05, 3.63) is 85.1 Å². The fraction of sp³-hybridized carbons (Fsp3) is 0.787. The molecule has 0 aliphatic carbocycles. The molecule has 0 aliphatic rings. The zero-order valence-electron chi connectivity index (χ0n) is 53.3. The van der Waals surface area contributed by atoms with Crippen LogP contribution in [-0.4, -0.2) is 36.4 Å². The van der Waals surface area contributed by atoms with Crippen molar-refractivity contribution in [2.45, 2.75) is 367 Å². The summed E-state index contributed by atoms with van der Waals surface area (Å²) in [7, 11) is 0. The van der Waals surface area contributed by atoms with E-state index in [0.717, 1.165) is 77.0 Å². The number of rotatable bonds is 65. The first-order valence-corrected chi connectivity index (χ1v) is 35.1. The number of unbranched alkanes of at least 4 members (excludes halogenated alkanes) is 43. The minimum Gasteiger partial charge on any atom is -0.462 e. The van der Waals surface area contributed by atoms with Gasteiger partial charge in [0.15, 0.2) is 6.10 Å². The first-order chi connectivity index (χ1) is 39.6. The summed E-state index contributed by atoms with van der Waals surface area (Å²) in [6, 6.07) is 0. The summed E-state index contributed by atoms with van der Waals surface area (Å²) < 4.78 is 10.8. The molecule has 0 fully saturated rings. The molecule has 464 valence electrons. The number of carbonyl (C=O) groups is 2. The van der Waals surface area contributed by atoms with E-state index < -0.39 is 6.10 Å². The SMILES string of the molecule is CC/C=C\C/C=C\C/C=C\C/C=C\C/C=C\C/C=C\CCCCCCCCCCCCCCC(=O)OC(CO)COC(=O)CCCCCCCCCCCCCCCCCCCCCCCCC/C=C\CCCCCCCCCC. The number of allylic oxidation sites excluding steroid dienone is 14. The van der Waals surface area contributed by atoms with Crippen LogP contribution in [-0.2, 0) is 19.1 Å². The molecule has 0 amide bonds. The van der Waals surface area contributed by atoms with Crippen LogP contribution in [0.4, 0.5) is 0 Å². The molecule has 0 bridgehead atoms. The van der Waals surface area contributed by atoms with Gasteiger partial charge in [0.05, 0.1) is 6.61 Å². The second kappa shape index (κ2) is 70.3. The van der Waals surface area contributed by atoms with Crippen LogP contribution < -0.4 is 0 Å². The van der Waals surface area contributed by atoms with Gasteiger partial charge in [-0.25, -0.2) is 0 Å². The maximum absolute atomic E-state index is 12.4. The molecule has 5 heteroatoms. The smallest absolute Gasteiger partial charge is 0.306 e. The van der Waals surface area contributed by atoms with Crippen molar-refractivity contribution in [2.75, 3.05) is 13.2 Å². The van der Waals surface area contributed by atoms with E-state index >= 15 is 0 Å². The van der Waals surface area contributed by atoms with E-state index in [4.69, 9.17) is 9.47 Å². The van der Waals surface area contributed by atoms with Crippen LogP contribution in [0.1, 0.15) is 361 Å². The highest BCUT2D eigenvalue weighted by atomic mass is 16.6. The lowest BCUT2D eigenvalue weighted by atomic mass is 10.0. The Bertz CT molecular complexity index is 1450. The predicted molar refractivity (Wildman–Crippen MR) is 353 cm³/mol. The fourth-order valence-electron chi connectivity index (χ4n) is 10.4. The van der Waals surface area contributed by atoms with Crippen LogP contribution in [0.15, 0.2) is 85.1 Å². The standard InChI is InChI=1S/C75H134O5/c1-3-5-7-9-11-13-15-17-19-21-23-25-27-29-31-33-35-36-37-38-40-41-43-45-47-49-51-53-55-57-59-61-63-65-67-69-74(77)79-72-73(71-76)80-75(78)70-68-66-64-62-60-58-56-54-52-50-48-46-44-42-39-34-32-30-28-26-24-22-20-18-16-14-12-10-8-6-4-2/h6,8,12,14,18,20-21,23-24,26,30,32,39,42,73,76H,3-5,7,9-11,13,15-17,19,22,25,27-29,31,33-38,40-41,43-72H2,1-2H3/b8-6-,14-12-,20-18-,23-21-,26-24-,32-30-,42-39-. The normalized spacial score (nSPS) is 12.7. The lowest BCUT2D eigenvalue weighted by Crippen LogP contribution is -2.28. The first-order valence-electron chi connectivity index (χ1n) is 35.1. The van der Waals surface area contributed by atoms with Crippen LogP contribution in [0.5, 0.6) is 0 Å². The maximum atomic E-state index is 12.4. The molecular formula is C75H134O5. The molecule has 0 radical (unpaired) electrons. The van der Waals surface area contributed by atoms with Gasteiger partial charge in [0.25, 0.3) is 0 Å². The van der Waals surface area contributed by atoms with Crippen molar-refractivity contribution in [1.29, 1.82) is 0 Å². The Balaban J connectivity index is 3.43. The first kappa shape index (κ1) is 77.1. The minimum absolute atomic E-state index is 0.0656. The molecule has 1 N–H and O–H groups in total. The highest BCUT2D eigenvalue weighted by molar-refractivity contribution is 5.70. The van der Waals surface area contributed by atoms with Gasteiger partial charge in [-0.05, 0) is 89.9 Å². The Morgan fingerprint density at radius 1 is 0.300 bits per heavy atom. The van der Waals surface area contributed by atoms with Crippen molar-refractivity contribution in [1.82, 2.24) is 0 Å². The van der Waals surface area contributed by atoms with Gasteiger partial charge in [-0.3, -0.25) is 9.59 Å². The Kier molecular flexibility index (Phi) is 67.8. The number of ether oxygens (including phenoxy) is 2. The fourth-order valence-corrected chi connectivity index (χ4v) is 10.4. The van der Waals surface area contributed by atoms with Gasteiger partial charge < -0.3 is 14.6 Å². The van der Waals surface area contributed by atoms with Gasteiger partial charge in [0.2, 0.25) is 0 Å². The second-order valence-corrected chi connectivity index (χ2v) is 23.6. The summed E-state index contributed by atoms with van der Waals surface area (Å²) in [6.45, 7) is 4.07. The monoisotopic (exact) mass is 1120 g/mol. The quantitative estimate of drug-likeness (QED) is 0.0373. The Morgan fingerprint density at radius 3 is 0.825 bits per heavy atom. The average Bonchev–Trinajstić information content (AvgIpc) is 3.46. The number of aliphatic hydroxyl groups is 1. The summed E-state index contributed by atoms with van der Waals surface area (Å²) in [4.78, 5) is 24.7. The van der Waals surface area contributed by atoms with Crippen LogP contribution in [0, 0.1) is 0 Å². The van der Waals surface area contributed by atoms with Crippen molar-refractivity contribution in [3.8, 4) is 0 Å². The third-order valence-corrected chi connectivity index (χ3v) is 15.7. The molecule has 0 aromatic rings. The molecule has 0 heterocycles. The van der Waals surface area contributed by atoms with Crippen LogP contribution >= 0.6 is 0 Å². The number of hydrogen-bond acceptors (Lipinski definition) is 5. The third kappa shape index (κ3) is 67.6. The van der Waals surface area contributed by atoms with Gasteiger partial charge in [0.1, 0.15) is 6.61 Å². The minimum atomic E-state index is -0.777. The van der Waals surface area contributed by atoms with Gasteiger partial charge in [-0.15, -0.1) is 0 Å². The average molecular weight is 1120 g/mol. The van der Waals surface area contributed by atoms with E-state index in [1.54, 1.807) is 0 Å². The molecule has 1 atom stereocenters. The molecule has 5 nitrogen and oxygen atoms in total.